The molecule has 186 valence electrons. The van der Waals surface area contributed by atoms with Crippen LogP contribution in [0.4, 0.5) is 11.4 Å². The van der Waals surface area contributed by atoms with Gasteiger partial charge in [0, 0.05) is 37.3 Å². The number of rotatable bonds is 6. The lowest BCUT2D eigenvalue weighted by Gasteiger charge is -2.38. The summed E-state index contributed by atoms with van der Waals surface area (Å²) in [5.41, 5.74) is 4.21. The predicted molar refractivity (Wildman–Crippen MR) is 138 cm³/mol. The maximum absolute atomic E-state index is 14.0. The third-order valence-electron chi connectivity index (χ3n) is 6.07. The molecule has 4 rings (SSSR count). The smallest absolute Gasteiger partial charge is 0.254 e. The number of amides is 3. The molecule has 36 heavy (non-hydrogen) atoms. The van der Waals surface area contributed by atoms with Crippen molar-refractivity contribution in [2.24, 2.45) is 0 Å². The molecule has 0 spiro atoms. The number of hydrogen-bond acceptors (Lipinski definition) is 5. The first-order valence-electron chi connectivity index (χ1n) is 11.6. The van der Waals surface area contributed by atoms with Gasteiger partial charge in [-0.1, -0.05) is 30.3 Å². The average molecular weight is 488 g/mol. The van der Waals surface area contributed by atoms with Crippen molar-refractivity contribution in [1.29, 1.82) is 0 Å². The lowest BCUT2D eigenvalue weighted by molar-refractivity contribution is -0.115. The van der Waals surface area contributed by atoms with Crippen LogP contribution < -0.4 is 20.1 Å². The Morgan fingerprint density at radius 3 is 1.97 bits per heavy atom. The van der Waals surface area contributed by atoms with Crippen LogP contribution in [0.5, 0.6) is 11.5 Å². The van der Waals surface area contributed by atoms with Crippen molar-refractivity contribution >= 4 is 29.1 Å². The SMILES string of the molecule is COc1cc2c(cc1OC)C(c1ccccc1)N(C(=O)c1cc(NC(C)=O)cc(NC(C)=O)c1)CC2. The van der Waals surface area contributed by atoms with Crippen molar-refractivity contribution in [3.8, 4) is 11.5 Å². The second kappa shape index (κ2) is 10.5. The first kappa shape index (κ1) is 24.8. The maximum Gasteiger partial charge on any atom is 0.254 e. The molecule has 8 nitrogen and oxygen atoms in total. The summed E-state index contributed by atoms with van der Waals surface area (Å²) in [4.78, 5) is 39.2. The first-order chi connectivity index (χ1) is 17.3. The van der Waals surface area contributed by atoms with E-state index < -0.39 is 0 Å². The van der Waals surface area contributed by atoms with Crippen LogP contribution in [0.2, 0.25) is 0 Å². The number of hydrogen-bond donors (Lipinski definition) is 2. The molecule has 8 heteroatoms. The summed E-state index contributed by atoms with van der Waals surface area (Å²) >= 11 is 0. The number of nitrogens with zero attached hydrogens (tertiary/aromatic N) is 1. The molecule has 1 aliphatic heterocycles. The molecule has 3 aromatic rings. The van der Waals surface area contributed by atoms with Gasteiger partial charge in [0.2, 0.25) is 11.8 Å². The summed E-state index contributed by atoms with van der Waals surface area (Å²) in [5, 5.41) is 5.42. The van der Waals surface area contributed by atoms with E-state index in [1.807, 2.05) is 47.4 Å². The van der Waals surface area contributed by atoms with E-state index in [1.165, 1.54) is 13.8 Å². The topological polar surface area (TPSA) is 97.0 Å². The predicted octanol–water partition coefficient (Wildman–Crippen LogP) is 4.41. The molecule has 1 aliphatic rings. The van der Waals surface area contributed by atoms with Crippen LogP contribution in [0.3, 0.4) is 0 Å². The van der Waals surface area contributed by atoms with Gasteiger partial charge in [0.15, 0.2) is 11.5 Å². The van der Waals surface area contributed by atoms with Gasteiger partial charge in [0.1, 0.15) is 0 Å². The summed E-state index contributed by atoms with van der Waals surface area (Å²) in [5.74, 6) is 0.466. The van der Waals surface area contributed by atoms with Gasteiger partial charge in [-0.25, -0.2) is 0 Å². The van der Waals surface area contributed by atoms with Crippen molar-refractivity contribution in [3.05, 3.63) is 82.9 Å². The Hall–Kier alpha value is -4.33. The van der Waals surface area contributed by atoms with Crippen LogP contribution in [-0.4, -0.2) is 43.4 Å². The Labute approximate surface area is 210 Å². The minimum Gasteiger partial charge on any atom is -0.493 e. The fourth-order valence-corrected chi connectivity index (χ4v) is 4.63. The fourth-order valence-electron chi connectivity index (χ4n) is 4.63. The second-order valence-electron chi connectivity index (χ2n) is 8.63. The maximum atomic E-state index is 14.0. The van der Waals surface area contributed by atoms with E-state index in [-0.39, 0.29) is 23.8 Å². The van der Waals surface area contributed by atoms with Gasteiger partial charge in [-0.05, 0) is 53.4 Å². The van der Waals surface area contributed by atoms with Gasteiger partial charge in [-0.2, -0.15) is 0 Å². The molecule has 0 fully saturated rings. The number of nitrogens with one attached hydrogen (secondary N) is 2. The Balaban J connectivity index is 1.82. The lowest BCUT2D eigenvalue weighted by Crippen LogP contribution is -2.40. The third kappa shape index (κ3) is 5.17. The number of carbonyl (C=O) groups is 3. The van der Waals surface area contributed by atoms with Crippen molar-refractivity contribution < 1.29 is 23.9 Å². The third-order valence-corrected chi connectivity index (χ3v) is 6.07. The highest BCUT2D eigenvalue weighted by Gasteiger charge is 2.34. The molecular formula is C28H29N3O5. The second-order valence-corrected chi connectivity index (χ2v) is 8.63. The number of anilines is 2. The molecule has 1 heterocycles. The zero-order valence-electron chi connectivity index (χ0n) is 20.8. The van der Waals surface area contributed by atoms with E-state index in [9.17, 15) is 14.4 Å². The van der Waals surface area contributed by atoms with Gasteiger partial charge in [0.25, 0.3) is 5.91 Å². The van der Waals surface area contributed by atoms with Crippen LogP contribution in [0.15, 0.2) is 60.7 Å². The summed E-state index contributed by atoms with van der Waals surface area (Å²) in [6, 6.07) is 18.2. The van der Waals surface area contributed by atoms with E-state index in [2.05, 4.69) is 10.6 Å². The van der Waals surface area contributed by atoms with E-state index >= 15 is 0 Å². The number of ether oxygens (including phenoxy) is 2. The lowest BCUT2D eigenvalue weighted by atomic mass is 9.87. The van der Waals surface area contributed by atoms with E-state index in [1.54, 1.807) is 32.4 Å². The monoisotopic (exact) mass is 487 g/mol. The molecule has 0 bridgehead atoms. The van der Waals surface area contributed by atoms with Gasteiger partial charge in [0.05, 0.1) is 20.3 Å². The number of methoxy groups -OCH3 is 2. The van der Waals surface area contributed by atoms with Crippen LogP contribution >= 0.6 is 0 Å². The Kier molecular flexibility index (Phi) is 7.24. The molecular weight excluding hydrogens is 458 g/mol. The summed E-state index contributed by atoms with van der Waals surface area (Å²) in [6.45, 7) is 3.25. The van der Waals surface area contributed by atoms with Crippen molar-refractivity contribution in [2.45, 2.75) is 26.3 Å². The van der Waals surface area contributed by atoms with Crippen LogP contribution in [0, 0.1) is 0 Å². The van der Waals surface area contributed by atoms with Crippen molar-refractivity contribution in [1.82, 2.24) is 4.90 Å². The van der Waals surface area contributed by atoms with E-state index in [0.717, 1.165) is 16.7 Å². The average Bonchev–Trinajstić information content (AvgIpc) is 2.86. The molecule has 1 unspecified atom stereocenters. The highest BCUT2D eigenvalue weighted by molar-refractivity contribution is 6.00. The zero-order chi connectivity index (χ0) is 25.8. The van der Waals surface area contributed by atoms with Crippen LogP contribution in [-0.2, 0) is 16.0 Å². The van der Waals surface area contributed by atoms with Crippen LogP contribution in [0.1, 0.15) is 46.9 Å². The van der Waals surface area contributed by atoms with Crippen LogP contribution in [0.25, 0.3) is 0 Å². The Morgan fingerprint density at radius 1 is 0.833 bits per heavy atom. The largest absolute Gasteiger partial charge is 0.493 e. The zero-order valence-corrected chi connectivity index (χ0v) is 20.8. The number of carbonyl (C=O) groups excluding carboxylic acids is 3. The molecule has 0 aliphatic carbocycles. The van der Waals surface area contributed by atoms with Gasteiger partial charge in [-0.15, -0.1) is 0 Å². The Bertz CT molecular complexity index is 1270. The summed E-state index contributed by atoms with van der Waals surface area (Å²) in [6.07, 6.45) is 0.634. The fraction of sp³-hybridized carbons (Fsp3) is 0.250. The highest BCUT2D eigenvalue weighted by Crippen LogP contribution is 2.41. The normalized spacial score (nSPS) is 14.4. The molecule has 0 aromatic heterocycles. The van der Waals surface area contributed by atoms with Gasteiger partial charge < -0.3 is 25.0 Å². The number of benzene rings is 3. The summed E-state index contributed by atoms with van der Waals surface area (Å²) in [7, 11) is 3.19. The van der Waals surface area contributed by atoms with E-state index in [0.29, 0.717) is 41.4 Å². The number of fused-ring (bicyclic) bond motifs is 1. The van der Waals surface area contributed by atoms with Crippen molar-refractivity contribution in [3.63, 3.8) is 0 Å². The molecule has 3 aromatic carbocycles. The molecule has 0 saturated heterocycles. The Morgan fingerprint density at radius 2 is 1.42 bits per heavy atom. The first-order valence-corrected chi connectivity index (χ1v) is 11.6. The van der Waals surface area contributed by atoms with Gasteiger partial charge in [-0.3, -0.25) is 14.4 Å². The minimum absolute atomic E-state index is 0.219. The molecule has 1 atom stereocenters. The molecule has 3 amide bonds. The molecule has 0 radical (unpaired) electrons. The quantitative estimate of drug-likeness (QED) is 0.537. The standard InChI is InChI=1S/C28H29N3O5/c1-17(32)29-22-12-21(13-23(15-22)30-18(2)33)28(34)31-11-10-20-14-25(35-3)26(36-4)16-24(20)27(31)19-8-6-5-7-9-19/h5-9,12-16,27H,10-11H2,1-4H3,(H,29,32)(H,30,33). The summed E-state index contributed by atoms with van der Waals surface area (Å²) < 4.78 is 11.1. The van der Waals surface area contributed by atoms with Gasteiger partial charge >= 0.3 is 0 Å². The highest BCUT2D eigenvalue weighted by atomic mass is 16.5. The van der Waals surface area contributed by atoms with Crippen molar-refractivity contribution in [2.75, 3.05) is 31.4 Å². The molecule has 2 N–H and O–H groups in total. The minimum atomic E-state index is -0.365. The van der Waals surface area contributed by atoms with E-state index in [4.69, 9.17) is 9.47 Å². The molecule has 0 saturated carbocycles.